The minimum atomic E-state index is -0.866. The largest absolute Gasteiger partial charge is 0.507 e. The smallest absolute Gasteiger partial charge is 0.300 e. The summed E-state index contributed by atoms with van der Waals surface area (Å²) in [6.07, 6.45) is 1.47. The lowest BCUT2D eigenvalue weighted by Crippen LogP contribution is -2.29. The summed E-state index contributed by atoms with van der Waals surface area (Å²) in [5, 5.41) is 11.0. The Hall–Kier alpha value is -3.80. The fourth-order valence-corrected chi connectivity index (χ4v) is 3.58. The summed E-state index contributed by atoms with van der Waals surface area (Å²) in [6.45, 7) is 1.84. The van der Waals surface area contributed by atoms with Crippen molar-refractivity contribution in [3.63, 3.8) is 0 Å². The van der Waals surface area contributed by atoms with E-state index in [0.717, 1.165) is 5.56 Å². The number of carbonyl (C=O) groups is 2. The number of hydrogen-bond acceptors (Lipinski definition) is 5. The lowest BCUT2D eigenvalue weighted by atomic mass is 9.98. The summed E-state index contributed by atoms with van der Waals surface area (Å²) in [7, 11) is 1.56. The first-order valence-electron chi connectivity index (χ1n) is 9.07. The lowest BCUT2D eigenvalue weighted by Gasteiger charge is -2.23. The summed E-state index contributed by atoms with van der Waals surface area (Å²) >= 11 is 0. The molecule has 0 aliphatic carbocycles. The third-order valence-corrected chi connectivity index (χ3v) is 4.96. The van der Waals surface area contributed by atoms with Crippen molar-refractivity contribution in [3.8, 4) is 5.75 Å². The molecule has 1 atom stereocenters. The van der Waals surface area contributed by atoms with Gasteiger partial charge in [-0.15, -0.1) is 0 Å². The molecule has 1 aliphatic heterocycles. The number of aliphatic hydroxyl groups excluding tert-OH is 1. The minimum Gasteiger partial charge on any atom is -0.507 e. The number of aliphatic hydroxyl groups is 1. The van der Waals surface area contributed by atoms with Gasteiger partial charge in [0.05, 0.1) is 18.9 Å². The Bertz CT molecular complexity index is 1100. The third-order valence-electron chi connectivity index (χ3n) is 4.96. The van der Waals surface area contributed by atoms with Crippen LogP contribution in [0.4, 0.5) is 5.69 Å². The molecule has 1 unspecified atom stereocenters. The van der Waals surface area contributed by atoms with E-state index in [4.69, 9.17) is 9.15 Å². The molecule has 6 heteroatoms. The van der Waals surface area contributed by atoms with Crippen LogP contribution in [0.2, 0.25) is 0 Å². The van der Waals surface area contributed by atoms with Crippen molar-refractivity contribution in [1.29, 1.82) is 0 Å². The van der Waals surface area contributed by atoms with Crippen LogP contribution in [0.3, 0.4) is 0 Å². The van der Waals surface area contributed by atoms with Gasteiger partial charge in [-0.3, -0.25) is 14.5 Å². The van der Waals surface area contributed by atoms with Gasteiger partial charge in [0.25, 0.3) is 11.7 Å². The number of ether oxygens (including phenoxy) is 1. The van der Waals surface area contributed by atoms with E-state index in [0.29, 0.717) is 22.8 Å². The average molecular weight is 389 g/mol. The summed E-state index contributed by atoms with van der Waals surface area (Å²) in [5.41, 5.74) is 1.74. The van der Waals surface area contributed by atoms with Gasteiger partial charge in [0, 0.05) is 11.3 Å². The highest BCUT2D eigenvalue weighted by Gasteiger charge is 2.48. The van der Waals surface area contributed by atoms with Gasteiger partial charge >= 0.3 is 0 Å². The molecule has 1 N–H and O–H groups in total. The van der Waals surface area contributed by atoms with Crippen molar-refractivity contribution in [2.75, 3.05) is 12.0 Å². The summed E-state index contributed by atoms with van der Waals surface area (Å²) in [5.74, 6) is -0.687. The van der Waals surface area contributed by atoms with Crippen LogP contribution >= 0.6 is 0 Å². The molecule has 29 heavy (non-hydrogen) atoms. The van der Waals surface area contributed by atoms with Gasteiger partial charge in [-0.05, 0) is 55.0 Å². The predicted octanol–water partition coefficient (Wildman–Crippen LogP) is 4.22. The number of furan rings is 1. The van der Waals surface area contributed by atoms with Crippen molar-refractivity contribution < 1.29 is 23.8 Å². The number of methoxy groups -OCH3 is 1. The molecule has 0 radical (unpaired) electrons. The molecule has 4 rings (SSSR count). The second-order valence-electron chi connectivity index (χ2n) is 6.70. The topological polar surface area (TPSA) is 80.0 Å². The molecule has 6 nitrogen and oxygen atoms in total. The highest BCUT2D eigenvalue weighted by atomic mass is 16.5. The zero-order valence-electron chi connectivity index (χ0n) is 16.0. The van der Waals surface area contributed by atoms with E-state index in [1.54, 1.807) is 61.7 Å². The van der Waals surface area contributed by atoms with E-state index in [9.17, 15) is 14.7 Å². The van der Waals surface area contributed by atoms with Crippen LogP contribution in [0, 0.1) is 6.92 Å². The fourth-order valence-electron chi connectivity index (χ4n) is 3.58. The molecule has 2 heterocycles. The van der Waals surface area contributed by atoms with Crippen LogP contribution in [0.5, 0.6) is 5.75 Å². The van der Waals surface area contributed by atoms with E-state index in [1.165, 1.54) is 11.2 Å². The van der Waals surface area contributed by atoms with Crippen molar-refractivity contribution in [2.45, 2.75) is 13.0 Å². The van der Waals surface area contributed by atoms with E-state index in [1.807, 2.05) is 13.0 Å². The number of nitrogens with zero attached hydrogens (tertiary/aromatic N) is 1. The van der Waals surface area contributed by atoms with E-state index < -0.39 is 17.7 Å². The molecular weight excluding hydrogens is 370 g/mol. The van der Waals surface area contributed by atoms with Crippen molar-refractivity contribution in [2.24, 2.45) is 0 Å². The molecule has 1 aliphatic rings. The first kappa shape index (κ1) is 18.6. The first-order chi connectivity index (χ1) is 14.0. The monoisotopic (exact) mass is 389 g/mol. The standard InChI is InChI=1S/C23H19NO5/c1-14-13-15(10-11-17(14)28-2)21(25)19-20(18-9-6-12-29-18)24(23(27)22(19)26)16-7-4-3-5-8-16/h3-13,20,25H,1-2H3/b21-19-. The number of amides is 1. The van der Waals surface area contributed by atoms with Gasteiger partial charge in [-0.2, -0.15) is 0 Å². The second kappa shape index (κ2) is 7.31. The highest BCUT2D eigenvalue weighted by molar-refractivity contribution is 6.51. The first-order valence-corrected chi connectivity index (χ1v) is 9.07. The maximum absolute atomic E-state index is 12.9. The zero-order chi connectivity index (χ0) is 20.5. The fraction of sp³-hybridized carbons (Fsp3) is 0.130. The Kier molecular flexibility index (Phi) is 4.68. The Morgan fingerprint density at radius 2 is 1.83 bits per heavy atom. The van der Waals surface area contributed by atoms with Crippen LogP contribution in [-0.4, -0.2) is 23.9 Å². The normalized spacial score (nSPS) is 18.3. The average Bonchev–Trinajstić information content (AvgIpc) is 3.35. The molecule has 0 saturated carbocycles. The predicted molar refractivity (Wildman–Crippen MR) is 108 cm³/mol. The summed E-state index contributed by atoms with van der Waals surface area (Å²) < 4.78 is 10.8. The van der Waals surface area contributed by atoms with Crippen LogP contribution in [0.1, 0.15) is 22.9 Å². The Labute approximate surface area is 167 Å². The number of hydrogen-bond donors (Lipinski definition) is 1. The number of anilines is 1. The molecule has 1 saturated heterocycles. The van der Waals surface area contributed by atoms with Crippen LogP contribution in [0.15, 0.2) is 76.9 Å². The van der Waals surface area contributed by atoms with Gasteiger partial charge < -0.3 is 14.3 Å². The summed E-state index contributed by atoms with van der Waals surface area (Å²) in [6, 6.07) is 16.4. The highest BCUT2D eigenvalue weighted by Crippen LogP contribution is 2.42. The van der Waals surface area contributed by atoms with Crippen LogP contribution in [-0.2, 0) is 9.59 Å². The quantitative estimate of drug-likeness (QED) is 0.410. The van der Waals surface area contributed by atoms with Gasteiger partial charge in [0.2, 0.25) is 0 Å². The second-order valence-corrected chi connectivity index (χ2v) is 6.70. The lowest BCUT2D eigenvalue weighted by molar-refractivity contribution is -0.132. The molecule has 146 valence electrons. The zero-order valence-corrected chi connectivity index (χ0v) is 16.0. The maximum atomic E-state index is 12.9. The number of para-hydroxylation sites is 1. The number of aryl methyl sites for hydroxylation is 1. The number of carbonyl (C=O) groups excluding carboxylic acids is 2. The Morgan fingerprint density at radius 3 is 2.45 bits per heavy atom. The van der Waals surface area contributed by atoms with Crippen molar-refractivity contribution in [3.05, 3.63) is 89.4 Å². The number of rotatable bonds is 4. The minimum absolute atomic E-state index is 0.0154. The Morgan fingerprint density at radius 1 is 1.07 bits per heavy atom. The van der Waals surface area contributed by atoms with E-state index in [-0.39, 0.29) is 11.3 Å². The van der Waals surface area contributed by atoms with Crippen LogP contribution in [0.25, 0.3) is 5.76 Å². The molecule has 0 bridgehead atoms. The van der Waals surface area contributed by atoms with Gasteiger partial charge in [0.15, 0.2) is 0 Å². The Balaban J connectivity index is 1.91. The molecule has 1 amide bonds. The number of ketones is 1. The van der Waals surface area contributed by atoms with E-state index >= 15 is 0 Å². The third kappa shape index (κ3) is 3.08. The maximum Gasteiger partial charge on any atom is 0.300 e. The number of benzene rings is 2. The van der Waals surface area contributed by atoms with E-state index in [2.05, 4.69) is 0 Å². The molecule has 0 spiro atoms. The molecule has 1 aromatic heterocycles. The SMILES string of the molecule is COc1ccc(/C(O)=C2/C(=O)C(=O)N(c3ccccc3)C2c2ccco2)cc1C. The summed E-state index contributed by atoms with van der Waals surface area (Å²) in [4.78, 5) is 27.2. The molecule has 3 aromatic rings. The molecule has 2 aromatic carbocycles. The van der Waals surface area contributed by atoms with Gasteiger partial charge in [0.1, 0.15) is 23.3 Å². The number of Topliss-reactive ketones (excluding diaryl/α,β-unsaturated/α-hetero) is 1. The van der Waals surface area contributed by atoms with Gasteiger partial charge in [-0.1, -0.05) is 18.2 Å². The molecular formula is C23H19NO5. The van der Waals surface area contributed by atoms with Crippen molar-refractivity contribution in [1.82, 2.24) is 0 Å². The van der Waals surface area contributed by atoms with Gasteiger partial charge in [-0.25, -0.2) is 0 Å². The van der Waals surface area contributed by atoms with Crippen LogP contribution < -0.4 is 9.64 Å². The van der Waals surface area contributed by atoms with Crippen molar-refractivity contribution >= 4 is 23.1 Å². The molecule has 1 fully saturated rings.